The summed E-state index contributed by atoms with van der Waals surface area (Å²) in [5.74, 6) is 0.776. The molecule has 2 aromatic heterocycles. The van der Waals surface area contributed by atoms with Crippen LogP contribution in [0.5, 0.6) is 0 Å². The van der Waals surface area contributed by atoms with Crippen molar-refractivity contribution in [3.05, 3.63) is 40.3 Å². The Labute approximate surface area is 126 Å². The van der Waals surface area contributed by atoms with E-state index >= 15 is 0 Å². The second kappa shape index (κ2) is 5.90. The second-order valence-electron chi connectivity index (χ2n) is 5.77. The van der Waals surface area contributed by atoms with Gasteiger partial charge in [0.25, 0.3) is 0 Å². The molecule has 21 heavy (non-hydrogen) atoms. The zero-order valence-corrected chi connectivity index (χ0v) is 13.0. The highest BCUT2D eigenvalue weighted by Gasteiger charge is 2.18. The van der Waals surface area contributed by atoms with Gasteiger partial charge in [-0.3, -0.25) is 4.98 Å². The van der Waals surface area contributed by atoms with Crippen molar-refractivity contribution in [2.75, 3.05) is 6.54 Å². The molecule has 0 aromatic carbocycles. The summed E-state index contributed by atoms with van der Waals surface area (Å²) in [5, 5.41) is 3.40. The van der Waals surface area contributed by atoms with Gasteiger partial charge >= 0.3 is 0 Å². The summed E-state index contributed by atoms with van der Waals surface area (Å²) in [6, 6.07) is 2.14. The molecule has 1 N–H and O–H groups in total. The Kier molecular flexibility index (Phi) is 3.97. The van der Waals surface area contributed by atoms with Crippen LogP contribution in [0.25, 0.3) is 11.5 Å². The van der Waals surface area contributed by atoms with Crippen molar-refractivity contribution < 1.29 is 0 Å². The van der Waals surface area contributed by atoms with E-state index < -0.39 is 0 Å². The maximum Gasteiger partial charge on any atom is 0.178 e. The number of aryl methyl sites for hydroxylation is 3. The quantitative estimate of drug-likeness (QED) is 0.940. The molecule has 0 aliphatic carbocycles. The van der Waals surface area contributed by atoms with E-state index in [9.17, 15) is 0 Å². The number of hydrogen-bond acceptors (Lipinski definition) is 4. The number of nitrogens with zero attached hydrogens (tertiary/aromatic N) is 3. The fourth-order valence-electron chi connectivity index (χ4n) is 2.94. The fourth-order valence-corrected chi connectivity index (χ4v) is 2.94. The van der Waals surface area contributed by atoms with Gasteiger partial charge in [0, 0.05) is 18.4 Å². The zero-order valence-electron chi connectivity index (χ0n) is 13.0. The van der Waals surface area contributed by atoms with Crippen LogP contribution in [0, 0.1) is 13.8 Å². The molecule has 1 aliphatic heterocycles. The lowest BCUT2D eigenvalue weighted by atomic mass is 10.0. The Morgan fingerprint density at radius 3 is 2.86 bits per heavy atom. The molecule has 0 amide bonds. The van der Waals surface area contributed by atoms with Gasteiger partial charge in [0.05, 0.1) is 5.69 Å². The Morgan fingerprint density at radius 1 is 1.24 bits per heavy atom. The van der Waals surface area contributed by atoms with Crippen LogP contribution >= 0.6 is 0 Å². The van der Waals surface area contributed by atoms with Crippen molar-refractivity contribution in [3.63, 3.8) is 0 Å². The predicted molar refractivity (Wildman–Crippen MR) is 84.1 cm³/mol. The van der Waals surface area contributed by atoms with Crippen LogP contribution in [0.4, 0.5) is 0 Å². The maximum atomic E-state index is 4.84. The van der Waals surface area contributed by atoms with Crippen LogP contribution in [0.1, 0.15) is 41.4 Å². The first-order chi connectivity index (χ1) is 10.2. The third-order valence-electron chi connectivity index (χ3n) is 3.94. The Hall–Kier alpha value is -1.81. The van der Waals surface area contributed by atoms with E-state index in [1.807, 2.05) is 6.20 Å². The summed E-state index contributed by atoms with van der Waals surface area (Å²) < 4.78 is 0. The van der Waals surface area contributed by atoms with Gasteiger partial charge in [-0.15, -0.1) is 0 Å². The lowest BCUT2D eigenvalue weighted by Crippen LogP contribution is -2.27. The van der Waals surface area contributed by atoms with Crippen LogP contribution in [0.2, 0.25) is 0 Å². The van der Waals surface area contributed by atoms with E-state index in [0.717, 1.165) is 55.1 Å². The van der Waals surface area contributed by atoms with E-state index in [1.54, 1.807) is 0 Å². The topological polar surface area (TPSA) is 50.7 Å². The molecule has 0 saturated carbocycles. The lowest BCUT2D eigenvalue weighted by molar-refractivity contribution is 0.614. The highest BCUT2D eigenvalue weighted by atomic mass is 15.0. The molecule has 0 unspecified atom stereocenters. The van der Waals surface area contributed by atoms with Crippen LogP contribution in [-0.2, 0) is 19.4 Å². The summed E-state index contributed by atoms with van der Waals surface area (Å²) in [7, 11) is 0. The SMILES string of the molecule is CCCc1nc(-c2ncc(C)cc2C)nc2c1CCNC2. The van der Waals surface area contributed by atoms with Gasteiger partial charge in [0.15, 0.2) is 5.82 Å². The van der Waals surface area contributed by atoms with Crippen LogP contribution < -0.4 is 5.32 Å². The molecule has 110 valence electrons. The summed E-state index contributed by atoms with van der Waals surface area (Å²) in [6.45, 7) is 8.20. The van der Waals surface area contributed by atoms with E-state index in [0.29, 0.717) is 0 Å². The first kappa shape index (κ1) is 14.1. The van der Waals surface area contributed by atoms with Crippen molar-refractivity contribution in [2.24, 2.45) is 0 Å². The Bertz CT molecular complexity index is 664. The number of pyridine rings is 1. The third-order valence-corrected chi connectivity index (χ3v) is 3.94. The number of nitrogens with one attached hydrogen (secondary N) is 1. The van der Waals surface area contributed by atoms with Gasteiger partial charge in [-0.2, -0.15) is 0 Å². The molecule has 0 spiro atoms. The summed E-state index contributed by atoms with van der Waals surface area (Å²) >= 11 is 0. The highest BCUT2D eigenvalue weighted by Crippen LogP contribution is 2.23. The van der Waals surface area contributed by atoms with Gasteiger partial charge in [0.1, 0.15) is 5.69 Å². The monoisotopic (exact) mass is 282 g/mol. The van der Waals surface area contributed by atoms with Gasteiger partial charge in [-0.25, -0.2) is 9.97 Å². The minimum Gasteiger partial charge on any atom is -0.311 e. The van der Waals surface area contributed by atoms with Crippen molar-refractivity contribution in [2.45, 2.75) is 46.6 Å². The minimum atomic E-state index is 0.776. The van der Waals surface area contributed by atoms with Crippen molar-refractivity contribution in [3.8, 4) is 11.5 Å². The molecule has 0 saturated heterocycles. The van der Waals surface area contributed by atoms with Gasteiger partial charge in [-0.1, -0.05) is 19.4 Å². The number of fused-ring (bicyclic) bond motifs is 1. The smallest absolute Gasteiger partial charge is 0.178 e. The molecule has 0 fully saturated rings. The van der Waals surface area contributed by atoms with Crippen molar-refractivity contribution >= 4 is 0 Å². The van der Waals surface area contributed by atoms with Crippen LogP contribution in [0.3, 0.4) is 0 Å². The highest BCUT2D eigenvalue weighted by molar-refractivity contribution is 5.56. The normalized spacial score (nSPS) is 14.0. The molecule has 2 aromatic rings. The molecule has 4 heteroatoms. The Morgan fingerprint density at radius 2 is 2.10 bits per heavy atom. The van der Waals surface area contributed by atoms with Crippen LogP contribution in [0.15, 0.2) is 12.3 Å². The molecule has 0 radical (unpaired) electrons. The zero-order chi connectivity index (χ0) is 14.8. The molecule has 3 rings (SSSR count). The largest absolute Gasteiger partial charge is 0.311 e. The number of aromatic nitrogens is 3. The van der Waals surface area contributed by atoms with Gasteiger partial charge < -0.3 is 5.32 Å². The number of rotatable bonds is 3. The molecule has 3 heterocycles. The molecule has 0 bridgehead atoms. The van der Waals surface area contributed by atoms with E-state index in [4.69, 9.17) is 9.97 Å². The average molecular weight is 282 g/mol. The molecule has 1 aliphatic rings. The number of hydrogen-bond donors (Lipinski definition) is 1. The molecule has 0 atom stereocenters. The predicted octanol–water partition coefficient (Wildman–Crippen LogP) is 2.75. The molecular formula is C17H22N4. The summed E-state index contributed by atoms with van der Waals surface area (Å²) in [4.78, 5) is 14.2. The molecule has 4 nitrogen and oxygen atoms in total. The summed E-state index contributed by atoms with van der Waals surface area (Å²) in [6.07, 6.45) is 5.05. The van der Waals surface area contributed by atoms with Crippen LogP contribution in [-0.4, -0.2) is 21.5 Å². The first-order valence-corrected chi connectivity index (χ1v) is 7.72. The molecular weight excluding hydrogens is 260 g/mol. The van der Waals surface area contributed by atoms with E-state index in [1.165, 1.54) is 16.8 Å². The van der Waals surface area contributed by atoms with Gasteiger partial charge in [-0.05, 0) is 49.9 Å². The van der Waals surface area contributed by atoms with E-state index in [2.05, 4.69) is 37.1 Å². The first-order valence-electron chi connectivity index (χ1n) is 7.72. The summed E-state index contributed by atoms with van der Waals surface area (Å²) in [5.41, 5.74) is 6.93. The van der Waals surface area contributed by atoms with Crippen molar-refractivity contribution in [1.29, 1.82) is 0 Å². The third kappa shape index (κ3) is 2.81. The van der Waals surface area contributed by atoms with Crippen molar-refractivity contribution in [1.82, 2.24) is 20.3 Å². The van der Waals surface area contributed by atoms with Gasteiger partial charge in [0.2, 0.25) is 0 Å². The maximum absolute atomic E-state index is 4.84. The standard InChI is InChI=1S/C17H22N4/c1-4-5-14-13-6-7-18-10-15(13)21-17(20-14)16-12(3)8-11(2)9-19-16/h8-9,18H,4-7,10H2,1-3H3. The average Bonchev–Trinajstić information content (AvgIpc) is 2.47. The Balaban J connectivity index is 2.12. The lowest BCUT2D eigenvalue weighted by Gasteiger charge is -2.20. The fraction of sp³-hybridized carbons (Fsp3) is 0.471. The minimum absolute atomic E-state index is 0.776. The van der Waals surface area contributed by atoms with E-state index in [-0.39, 0.29) is 0 Å². The second-order valence-corrected chi connectivity index (χ2v) is 5.77.